The molecule has 50 heavy (non-hydrogen) atoms. The van der Waals surface area contributed by atoms with E-state index in [1.807, 2.05) is 47.4 Å². The maximum Gasteiger partial charge on any atom is 0.310 e. The van der Waals surface area contributed by atoms with Crippen molar-refractivity contribution in [2.75, 3.05) is 26.2 Å². The Balaban J connectivity index is 1.20. The van der Waals surface area contributed by atoms with Gasteiger partial charge in [0.25, 0.3) is 11.8 Å². The van der Waals surface area contributed by atoms with Gasteiger partial charge < -0.3 is 14.4 Å². The molecule has 0 bridgehead atoms. The first-order valence-corrected chi connectivity index (χ1v) is 18.1. The van der Waals surface area contributed by atoms with Crippen molar-refractivity contribution in [3.8, 4) is 5.75 Å². The van der Waals surface area contributed by atoms with Crippen LogP contribution in [0.4, 0.5) is 0 Å². The summed E-state index contributed by atoms with van der Waals surface area (Å²) in [6.45, 7) is 8.90. The maximum absolute atomic E-state index is 14.8. The molecule has 4 aliphatic rings. The van der Waals surface area contributed by atoms with Crippen LogP contribution < -0.4 is 4.74 Å². The Morgan fingerprint density at radius 1 is 0.800 bits per heavy atom. The minimum atomic E-state index is -0.632. The van der Waals surface area contributed by atoms with Crippen molar-refractivity contribution in [3.63, 3.8) is 0 Å². The van der Waals surface area contributed by atoms with E-state index in [2.05, 4.69) is 31.7 Å². The maximum atomic E-state index is 14.8. The van der Waals surface area contributed by atoms with Crippen LogP contribution in [0, 0.1) is 11.8 Å². The van der Waals surface area contributed by atoms with E-state index in [4.69, 9.17) is 9.47 Å². The summed E-state index contributed by atoms with van der Waals surface area (Å²) in [5.74, 6) is -1.63. The van der Waals surface area contributed by atoms with Crippen LogP contribution in [0.5, 0.6) is 5.75 Å². The highest BCUT2D eigenvalue weighted by molar-refractivity contribution is 6.21. The molecular weight excluding hydrogens is 630 g/mol. The quantitative estimate of drug-likeness (QED) is 0.207. The molecule has 0 aromatic heterocycles. The van der Waals surface area contributed by atoms with Crippen molar-refractivity contribution in [3.05, 3.63) is 101 Å². The Morgan fingerprint density at radius 2 is 1.48 bits per heavy atom. The fourth-order valence-electron chi connectivity index (χ4n) is 8.24. The number of rotatable bonds is 8. The Labute approximate surface area is 294 Å². The lowest BCUT2D eigenvalue weighted by molar-refractivity contribution is -0.159. The van der Waals surface area contributed by atoms with Crippen molar-refractivity contribution in [1.29, 1.82) is 0 Å². The van der Waals surface area contributed by atoms with Gasteiger partial charge in [-0.25, -0.2) is 0 Å². The molecule has 9 heteroatoms. The van der Waals surface area contributed by atoms with Crippen LogP contribution in [0.25, 0.3) is 0 Å². The van der Waals surface area contributed by atoms with Crippen molar-refractivity contribution < 1.29 is 28.7 Å². The monoisotopic (exact) mass is 677 g/mol. The highest BCUT2D eigenvalue weighted by Gasteiger charge is 2.46. The number of benzene rings is 3. The van der Waals surface area contributed by atoms with Crippen LogP contribution >= 0.6 is 0 Å². The summed E-state index contributed by atoms with van der Waals surface area (Å²) in [5.41, 5.74) is 3.55. The lowest BCUT2D eigenvalue weighted by Gasteiger charge is -2.42. The molecule has 4 atom stereocenters. The third-order valence-corrected chi connectivity index (χ3v) is 11.0. The second-order valence-electron chi connectivity index (χ2n) is 15.1. The average molecular weight is 678 g/mol. The van der Waals surface area contributed by atoms with Crippen molar-refractivity contribution in [2.24, 2.45) is 11.8 Å². The summed E-state index contributed by atoms with van der Waals surface area (Å²) in [5, 5.41) is 0. The number of hydrogen-bond donors (Lipinski definition) is 0. The molecule has 2 fully saturated rings. The molecule has 3 amide bonds. The van der Waals surface area contributed by atoms with Gasteiger partial charge in [-0.2, -0.15) is 0 Å². The molecule has 1 aliphatic carbocycles. The fraction of sp³-hybridized carbons (Fsp3) is 0.463. The van der Waals surface area contributed by atoms with Gasteiger partial charge >= 0.3 is 5.97 Å². The fourth-order valence-corrected chi connectivity index (χ4v) is 8.24. The number of amides is 3. The topological polar surface area (TPSA) is 96.5 Å². The van der Waals surface area contributed by atoms with Gasteiger partial charge in [-0.05, 0) is 75.8 Å². The van der Waals surface area contributed by atoms with E-state index in [1.54, 1.807) is 24.3 Å². The molecular formula is C41H47N3O6. The lowest BCUT2D eigenvalue weighted by atomic mass is 9.77. The Hall–Kier alpha value is -4.50. The first kappa shape index (κ1) is 34.0. The molecule has 3 aromatic rings. The van der Waals surface area contributed by atoms with E-state index < -0.39 is 17.9 Å². The first-order valence-electron chi connectivity index (χ1n) is 18.1. The van der Waals surface area contributed by atoms with Crippen LogP contribution in [-0.4, -0.2) is 76.2 Å². The predicted octanol–water partition coefficient (Wildman–Crippen LogP) is 6.21. The molecule has 1 saturated heterocycles. The van der Waals surface area contributed by atoms with E-state index in [0.29, 0.717) is 42.7 Å². The zero-order valence-electron chi connectivity index (χ0n) is 29.3. The zero-order chi connectivity index (χ0) is 35.0. The molecule has 1 saturated carbocycles. The zero-order valence-corrected chi connectivity index (χ0v) is 29.3. The predicted molar refractivity (Wildman–Crippen MR) is 188 cm³/mol. The molecule has 0 spiro atoms. The van der Waals surface area contributed by atoms with E-state index in [1.165, 1.54) is 4.90 Å². The SMILES string of the molecule is CC(C)(C)N1CCC(Oc2cccc3c2C(CN2C(=O)c4ccccc4C2=O)N(C(=O)C2CCCCC2C(=O)OCc2ccccc2)CC3)C1. The van der Waals surface area contributed by atoms with Gasteiger partial charge in [-0.15, -0.1) is 0 Å². The van der Waals surface area contributed by atoms with E-state index in [0.717, 1.165) is 49.0 Å². The second kappa shape index (κ2) is 14.0. The third-order valence-electron chi connectivity index (χ3n) is 11.0. The van der Waals surface area contributed by atoms with Gasteiger partial charge in [-0.1, -0.05) is 67.4 Å². The molecule has 3 aromatic carbocycles. The Bertz CT molecular complexity index is 1730. The summed E-state index contributed by atoms with van der Waals surface area (Å²) in [6.07, 6.45) is 4.29. The summed E-state index contributed by atoms with van der Waals surface area (Å²) < 4.78 is 12.6. The summed E-state index contributed by atoms with van der Waals surface area (Å²) >= 11 is 0. The van der Waals surface area contributed by atoms with Crippen molar-refractivity contribution in [2.45, 2.75) is 83.6 Å². The Kier molecular flexibility index (Phi) is 9.53. The van der Waals surface area contributed by atoms with Crippen LogP contribution in [0.2, 0.25) is 0 Å². The minimum absolute atomic E-state index is 0.0000824. The molecule has 0 radical (unpaired) electrons. The van der Waals surface area contributed by atoms with Gasteiger partial charge in [0.05, 0.1) is 35.5 Å². The van der Waals surface area contributed by atoms with E-state index in [-0.39, 0.29) is 48.5 Å². The number of fused-ring (bicyclic) bond motifs is 2. The molecule has 3 aliphatic heterocycles. The molecule has 9 nitrogen and oxygen atoms in total. The summed E-state index contributed by atoms with van der Waals surface area (Å²) in [6, 6.07) is 21.8. The summed E-state index contributed by atoms with van der Waals surface area (Å²) in [7, 11) is 0. The number of carbonyl (C=O) groups is 4. The van der Waals surface area contributed by atoms with E-state index in [9.17, 15) is 19.2 Å². The third kappa shape index (κ3) is 6.67. The first-order chi connectivity index (χ1) is 24.1. The van der Waals surface area contributed by atoms with Gasteiger partial charge in [0.1, 0.15) is 18.5 Å². The number of ether oxygens (including phenoxy) is 2. The standard InChI is InChI=1S/C41H47N3O6/c1-41(2,3)42-22-21-29(24-42)50-35-19-11-14-28-20-23-43(34(36(28)35)25-44-38(46)30-15-7-8-16-31(30)39(44)47)37(45)32-17-9-10-18-33(32)40(48)49-26-27-12-5-4-6-13-27/h4-8,11-16,19,29,32-34H,9-10,17-18,20-26H2,1-3H3. The van der Waals surface area contributed by atoms with E-state index >= 15 is 0 Å². The minimum Gasteiger partial charge on any atom is -0.489 e. The van der Waals surface area contributed by atoms with Gasteiger partial charge in [0, 0.05) is 30.7 Å². The van der Waals surface area contributed by atoms with Crippen molar-refractivity contribution >= 4 is 23.7 Å². The van der Waals surface area contributed by atoms with Crippen LogP contribution in [-0.2, 0) is 27.4 Å². The number of imide groups is 1. The largest absolute Gasteiger partial charge is 0.489 e. The molecule has 3 heterocycles. The van der Waals surface area contributed by atoms with Gasteiger partial charge in [0.15, 0.2) is 0 Å². The highest BCUT2D eigenvalue weighted by Crippen LogP contribution is 2.42. The smallest absolute Gasteiger partial charge is 0.310 e. The lowest BCUT2D eigenvalue weighted by Crippen LogP contribution is -2.50. The van der Waals surface area contributed by atoms with Crippen LogP contribution in [0.3, 0.4) is 0 Å². The molecule has 0 N–H and O–H groups in total. The number of carbonyl (C=O) groups excluding carboxylic acids is 4. The highest BCUT2D eigenvalue weighted by atomic mass is 16.5. The number of esters is 1. The number of nitrogens with zero attached hydrogens (tertiary/aromatic N) is 3. The second-order valence-corrected chi connectivity index (χ2v) is 15.1. The Morgan fingerprint density at radius 3 is 2.16 bits per heavy atom. The summed E-state index contributed by atoms with van der Waals surface area (Å²) in [4.78, 5) is 61.3. The van der Waals surface area contributed by atoms with Crippen LogP contribution in [0.15, 0.2) is 72.8 Å². The van der Waals surface area contributed by atoms with Gasteiger partial charge in [0.2, 0.25) is 5.91 Å². The van der Waals surface area contributed by atoms with Gasteiger partial charge in [-0.3, -0.25) is 29.0 Å². The number of likely N-dealkylation sites (tertiary alicyclic amines) is 1. The molecule has 7 rings (SSSR count). The number of hydrogen-bond acceptors (Lipinski definition) is 7. The van der Waals surface area contributed by atoms with Crippen LogP contribution in [0.1, 0.15) is 96.3 Å². The normalized spacial score (nSPS) is 23.8. The molecule has 4 unspecified atom stereocenters. The molecule has 262 valence electrons. The van der Waals surface area contributed by atoms with Crippen molar-refractivity contribution in [1.82, 2.24) is 14.7 Å². The average Bonchev–Trinajstić information content (AvgIpc) is 3.70.